The molecule has 1 aromatic carbocycles. The van der Waals surface area contributed by atoms with Crippen molar-refractivity contribution >= 4 is 6.08 Å². The molecule has 2 aliphatic rings. The second-order valence-electron chi connectivity index (χ2n) is 7.39. The van der Waals surface area contributed by atoms with Gasteiger partial charge in [0.15, 0.2) is 0 Å². The van der Waals surface area contributed by atoms with E-state index < -0.39 is 0 Å². The molecule has 2 fully saturated rings. The Morgan fingerprint density at radius 1 is 1.12 bits per heavy atom. The van der Waals surface area contributed by atoms with Crippen LogP contribution in [0, 0.1) is 0 Å². The molecule has 3 rings (SSSR count). The maximum atomic E-state index is 5.66. The summed E-state index contributed by atoms with van der Waals surface area (Å²) in [6.07, 6.45) is 8.73. The van der Waals surface area contributed by atoms with E-state index in [1.54, 1.807) is 0 Å². The SMILES string of the molecule is C/C(=C\c1ccccc1)CNCC1(N2CCCCC2)CCOCC1. The average molecular weight is 329 g/mol. The largest absolute Gasteiger partial charge is 0.381 e. The first-order chi connectivity index (χ1) is 11.8. The number of nitrogens with one attached hydrogen (secondary N) is 1. The Morgan fingerprint density at radius 2 is 1.83 bits per heavy atom. The van der Waals surface area contributed by atoms with Crippen LogP contribution >= 0.6 is 0 Å². The molecule has 132 valence electrons. The van der Waals surface area contributed by atoms with Gasteiger partial charge >= 0.3 is 0 Å². The number of ether oxygens (including phenoxy) is 1. The lowest BCUT2D eigenvalue weighted by atomic mass is 9.86. The Labute approximate surface area is 147 Å². The second kappa shape index (κ2) is 8.80. The van der Waals surface area contributed by atoms with Crippen molar-refractivity contribution in [3.63, 3.8) is 0 Å². The van der Waals surface area contributed by atoms with Crippen molar-refractivity contribution in [2.45, 2.75) is 44.6 Å². The van der Waals surface area contributed by atoms with Gasteiger partial charge in [-0.3, -0.25) is 4.90 Å². The summed E-state index contributed by atoms with van der Waals surface area (Å²) >= 11 is 0. The average Bonchev–Trinajstić information content (AvgIpc) is 2.64. The summed E-state index contributed by atoms with van der Waals surface area (Å²) in [7, 11) is 0. The van der Waals surface area contributed by atoms with Gasteiger partial charge in [0.1, 0.15) is 0 Å². The third kappa shape index (κ3) is 4.69. The van der Waals surface area contributed by atoms with Gasteiger partial charge in [0.25, 0.3) is 0 Å². The first-order valence-corrected chi connectivity index (χ1v) is 9.54. The third-order valence-electron chi connectivity index (χ3n) is 5.52. The molecular formula is C21H32N2O. The number of hydrogen-bond acceptors (Lipinski definition) is 3. The maximum absolute atomic E-state index is 5.66. The quantitative estimate of drug-likeness (QED) is 0.861. The zero-order valence-electron chi connectivity index (χ0n) is 15.1. The molecule has 0 amide bonds. The molecule has 3 nitrogen and oxygen atoms in total. The lowest BCUT2D eigenvalue weighted by molar-refractivity contribution is -0.0353. The smallest absolute Gasteiger partial charge is 0.0484 e. The zero-order valence-corrected chi connectivity index (χ0v) is 15.1. The van der Waals surface area contributed by atoms with Crippen molar-refractivity contribution in [2.75, 3.05) is 39.4 Å². The normalized spacial score (nSPS) is 22.5. The van der Waals surface area contributed by atoms with Crippen LogP contribution in [0.4, 0.5) is 0 Å². The molecule has 0 unspecified atom stereocenters. The van der Waals surface area contributed by atoms with Crippen molar-refractivity contribution in [1.29, 1.82) is 0 Å². The van der Waals surface area contributed by atoms with E-state index in [0.29, 0.717) is 5.54 Å². The minimum atomic E-state index is 0.311. The van der Waals surface area contributed by atoms with Crippen molar-refractivity contribution in [1.82, 2.24) is 10.2 Å². The van der Waals surface area contributed by atoms with Gasteiger partial charge in [0, 0.05) is 31.8 Å². The molecule has 1 aromatic rings. The Bertz CT molecular complexity index is 514. The third-order valence-corrected chi connectivity index (χ3v) is 5.52. The van der Waals surface area contributed by atoms with Gasteiger partial charge in [0.2, 0.25) is 0 Å². The highest BCUT2D eigenvalue weighted by molar-refractivity contribution is 5.52. The van der Waals surface area contributed by atoms with E-state index in [0.717, 1.165) is 26.3 Å². The highest BCUT2D eigenvalue weighted by Gasteiger charge is 2.38. The Kier molecular flexibility index (Phi) is 6.47. The van der Waals surface area contributed by atoms with E-state index in [1.807, 2.05) is 0 Å². The van der Waals surface area contributed by atoms with Crippen LogP contribution in [-0.2, 0) is 4.74 Å². The van der Waals surface area contributed by atoms with Gasteiger partial charge in [-0.05, 0) is 51.3 Å². The summed E-state index contributed by atoms with van der Waals surface area (Å²) in [6.45, 7) is 8.62. The first kappa shape index (κ1) is 17.7. The lowest BCUT2D eigenvalue weighted by Crippen LogP contribution is -2.59. The number of piperidine rings is 1. The van der Waals surface area contributed by atoms with Crippen LogP contribution in [0.15, 0.2) is 35.9 Å². The van der Waals surface area contributed by atoms with E-state index in [-0.39, 0.29) is 0 Å². The van der Waals surface area contributed by atoms with Gasteiger partial charge in [-0.2, -0.15) is 0 Å². The summed E-state index contributed by atoms with van der Waals surface area (Å²) in [6, 6.07) is 10.6. The van der Waals surface area contributed by atoms with E-state index in [2.05, 4.69) is 53.5 Å². The predicted molar refractivity (Wildman–Crippen MR) is 101 cm³/mol. The molecule has 3 heteroatoms. The second-order valence-corrected chi connectivity index (χ2v) is 7.39. The molecule has 2 aliphatic heterocycles. The summed E-state index contributed by atoms with van der Waals surface area (Å²) in [4.78, 5) is 2.75. The van der Waals surface area contributed by atoms with Crippen molar-refractivity contribution in [2.24, 2.45) is 0 Å². The van der Waals surface area contributed by atoms with Crippen molar-refractivity contribution in [3.05, 3.63) is 41.5 Å². The minimum absolute atomic E-state index is 0.311. The molecule has 0 atom stereocenters. The van der Waals surface area contributed by atoms with Crippen LogP contribution in [0.1, 0.15) is 44.6 Å². The monoisotopic (exact) mass is 328 g/mol. The molecule has 2 saturated heterocycles. The number of rotatable bonds is 6. The summed E-state index contributed by atoms with van der Waals surface area (Å²) in [5.74, 6) is 0. The summed E-state index contributed by atoms with van der Waals surface area (Å²) in [5, 5.41) is 3.75. The molecular weight excluding hydrogens is 296 g/mol. The van der Waals surface area contributed by atoms with E-state index in [9.17, 15) is 0 Å². The lowest BCUT2D eigenvalue weighted by Gasteiger charge is -2.48. The van der Waals surface area contributed by atoms with Crippen LogP contribution in [-0.4, -0.2) is 49.8 Å². The molecule has 0 aromatic heterocycles. The Morgan fingerprint density at radius 3 is 2.54 bits per heavy atom. The van der Waals surface area contributed by atoms with Gasteiger partial charge in [0.05, 0.1) is 0 Å². The number of nitrogens with zero attached hydrogens (tertiary/aromatic N) is 1. The van der Waals surface area contributed by atoms with Crippen LogP contribution < -0.4 is 5.32 Å². The van der Waals surface area contributed by atoms with Crippen molar-refractivity contribution < 1.29 is 4.74 Å². The molecule has 2 heterocycles. The van der Waals surface area contributed by atoms with Crippen LogP contribution in [0.3, 0.4) is 0 Å². The molecule has 0 bridgehead atoms. The number of benzene rings is 1. The van der Waals surface area contributed by atoms with Crippen LogP contribution in [0.25, 0.3) is 6.08 Å². The summed E-state index contributed by atoms with van der Waals surface area (Å²) < 4.78 is 5.66. The maximum Gasteiger partial charge on any atom is 0.0484 e. The fraction of sp³-hybridized carbons (Fsp3) is 0.619. The molecule has 1 N–H and O–H groups in total. The Balaban J connectivity index is 1.56. The molecule has 0 spiro atoms. The van der Waals surface area contributed by atoms with Gasteiger partial charge in [-0.1, -0.05) is 48.4 Å². The molecule has 0 saturated carbocycles. The number of hydrogen-bond donors (Lipinski definition) is 1. The minimum Gasteiger partial charge on any atom is -0.381 e. The highest BCUT2D eigenvalue weighted by atomic mass is 16.5. The molecule has 0 aliphatic carbocycles. The highest BCUT2D eigenvalue weighted by Crippen LogP contribution is 2.30. The van der Waals surface area contributed by atoms with Crippen LogP contribution in [0.5, 0.6) is 0 Å². The zero-order chi connectivity index (χ0) is 16.7. The summed E-state index contributed by atoms with van der Waals surface area (Å²) in [5.41, 5.74) is 2.99. The van der Waals surface area contributed by atoms with E-state index in [1.165, 1.54) is 56.3 Å². The molecule has 0 radical (unpaired) electrons. The van der Waals surface area contributed by atoms with E-state index >= 15 is 0 Å². The predicted octanol–water partition coefficient (Wildman–Crippen LogP) is 3.71. The van der Waals surface area contributed by atoms with Gasteiger partial charge in [-0.15, -0.1) is 0 Å². The first-order valence-electron chi connectivity index (χ1n) is 9.54. The van der Waals surface area contributed by atoms with Gasteiger partial charge < -0.3 is 10.1 Å². The Hall–Kier alpha value is -1.16. The van der Waals surface area contributed by atoms with Crippen molar-refractivity contribution in [3.8, 4) is 0 Å². The fourth-order valence-electron chi connectivity index (χ4n) is 4.10. The fourth-order valence-corrected chi connectivity index (χ4v) is 4.10. The number of likely N-dealkylation sites (tertiary alicyclic amines) is 1. The van der Waals surface area contributed by atoms with Crippen LogP contribution in [0.2, 0.25) is 0 Å². The van der Waals surface area contributed by atoms with E-state index in [4.69, 9.17) is 4.74 Å². The molecule has 24 heavy (non-hydrogen) atoms. The van der Waals surface area contributed by atoms with Gasteiger partial charge in [-0.25, -0.2) is 0 Å². The topological polar surface area (TPSA) is 24.5 Å². The standard InChI is InChI=1S/C21H32N2O/c1-19(16-20-8-4-2-5-9-20)17-22-18-21(10-14-24-15-11-21)23-12-6-3-7-13-23/h2,4-5,8-9,16,22H,3,6-7,10-15,17-18H2,1H3/b19-16+.